The van der Waals surface area contributed by atoms with E-state index in [1.807, 2.05) is 40.9 Å². The lowest BCUT2D eigenvalue weighted by molar-refractivity contribution is 0.194. The van der Waals surface area contributed by atoms with E-state index in [0.717, 1.165) is 39.4 Å². The lowest BCUT2D eigenvalue weighted by Crippen LogP contribution is -2.54. The van der Waals surface area contributed by atoms with Crippen molar-refractivity contribution in [2.24, 2.45) is 0 Å². The molecule has 4 atom stereocenters. The van der Waals surface area contributed by atoms with Gasteiger partial charge in [-0.05, 0) is 273 Å². The monoisotopic (exact) mass is 1880 g/mol. The van der Waals surface area contributed by atoms with Crippen LogP contribution in [0.15, 0.2) is 296 Å². The molecule has 16 aromatic rings. The number of aryl methyl sites for hydroxylation is 2. The third kappa shape index (κ3) is 17.9. The molecule has 0 spiro atoms. The zero-order valence-electron chi connectivity index (χ0n) is 83.9. The molecule has 2 fully saturated rings. The summed E-state index contributed by atoms with van der Waals surface area (Å²) < 4.78 is 6.55. The van der Waals surface area contributed by atoms with Gasteiger partial charge in [0, 0.05) is 117 Å². The van der Waals surface area contributed by atoms with Crippen molar-refractivity contribution in [3.63, 3.8) is 0 Å². The second-order valence-corrected chi connectivity index (χ2v) is 49.3. The third-order valence-electron chi connectivity index (χ3n) is 30.3. The molecular weight excluding hydrogens is 1750 g/mol. The minimum absolute atomic E-state index is 0.0161. The molecule has 4 unspecified atom stereocenters. The first kappa shape index (κ1) is 95.2. The fraction of sp³-hybridized carbons (Fsp3) is 0.333. The fourth-order valence-electron chi connectivity index (χ4n) is 21.9. The van der Waals surface area contributed by atoms with E-state index < -0.39 is 0 Å². The molecule has 2 aromatic heterocycles. The number of benzene rings is 14. The molecule has 0 bridgehead atoms. The average Bonchev–Trinajstić information content (AvgIpc) is 1.53. The Bertz CT molecular complexity index is 6940. The largest absolute Gasteiger partial charge is 0.398 e. The topological polar surface area (TPSA) is 35.7 Å². The van der Waals surface area contributed by atoms with Crippen LogP contribution >= 0.6 is 50.2 Å². The van der Waals surface area contributed by atoms with Crippen LogP contribution in [0.3, 0.4) is 0 Å². The van der Waals surface area contributed by atoms with Gasteiger partial charge in [0.1, 0.15) is 0 Å². The van der Waals surface area contributed by atoms with Crippen molar-refractivity contribution in [1.29, 1.82) is 0 Å². The lowest BCUT2D eigenvalue weighted by atomic mass is 9.61. The van der Waals surface area contributed by atoms with Crippen LogP contribution in [0.4, 0.5) is 45.5 Å². The van der Waals surface area contributed by atoms with Crippen LogP contribution in [-0.4, -0.2) is 11.1 Å². The Morgan fingerprint density at radius 2 is 0.687 bits per heavy atom. The zero-order valence-corrected chi connectivity index (χ0v) is 87.8. The van der Waals surface area contributed by atoms with Crippen molar-refractivity contribution in [3.05, 3.63) is 356 Å². The van der Waals surface area contributed by atoms with Gasteiger partial charge in [0.15, 0.2) is 0 Å². The van der Waals surface area contributed by atoms with E-state index in [0.29, 0.717) is 0 Å². The Hall–Kier alpha value is -10.5. The number of anilines is 8. The van der Waals surface area contributed by atoms with Gasteiger partial charge in [0.2, 0.25) is 0 Å². The zero-order chi connectivity index (χ0) is 95.5. The number of hydrogen-bond acceptors (Lipinski definition) is 6. The van der Waals surface area contributed by atoms with Crippen LogP contribution in [0.1, 0.15) is 259 Å². The quantitative estimate of drug-likeness (QED) is 0.146. The molecule has 2 N–H and O–H groups in total. The summed E-state index contributed by atoms with van der Waals surface area (Å²) in [4.78, 5) is 8.03. The molecule has 2 aliphatic carbocycles. The molecule has 134 heavy (non-hydrogen) atoms. The normalized spacial score (nSPS) is 18.4. The molecule has 0 saturated heterocycles. The SMILES string of the molecule is CC(C)(C)c1cc(-c2ccccc2)c(N)c(-c2ccccc2)c1.CC(C)(C)c1ccc2c(c1)sc1cccc(Br)c12.Cc1cc(Cl)cc(N2c3ccc(C(C)(C)C)cc3C3(C)CCCCC23C)c1.Cc1cc(N(c2c(-c3ccccc3)cc(C(C)(C)C)cc2-c2ccccc2)c2cccc3sc4cc(C(C)(C)C)ccc4c23)cc(N2c3ccc(C(C)(C)C)cc3C3(C)CCCCC23C)c1. The summed E-state index contributed by atoms with van der Waals surface area (Å²) in [6, 6.07) is 108. The minimum atomic E-state index is -0.0902. The van der Waals surface area contributed by atoms with Crippen molar-refractivity contribution in [2.45, 2.75) is 272 Å². The van der Waals surface area contributed by atoms with Gasteiger partial charge in [-0.3, -0.25) is 0 Å². The first-order valence-corrected chi connectivity index (χ1v) is 51.6. The van der Waals surface area contributed by atoms with Gasteiger partial charge in [0.05, 0.1) is 22.5 Å². The summed E-state index contributed by atoms with van der Waals surface area (Å²) in [6.45, 7) is 56.0. The molecule has 4 aliphatic rings. The molecule has 0 amide bonds. The first-order chi connectivity index (χ1) is 63.2. The Balaban J connectivity index is 0.000000148. The van der Waals surface area contributed by atoms with E-state index in [-0.39, 0.29) is 54.4 Å². The van der Waals surface area contributed by atoms with Crippen LogP contribution < -0.4 is 20.4 Å². The van der Waals surface area contributed by atoms with Crippen LogP contribution in [-0.2, 0) is 43.3 Å². The molecule has 688 valence electrons. The molecule has 4 nitrogen and oxygen atoms in total. The van der Waals surface area contributed by atoms with Gasteiger partial charge in [-0.2, -0.15) is 0 Å². The molecule has 8 heteroatoms. The van der Waals surface area contributed by atoms with Crippen molar-refractivity contribution in [3.8, 4) is 44.5 Å². The van der Waals surface area contributed by atoms with E-state index in [1.165, 1.54) is 207 Å². The second kappa shape index (κ2) is 35.9. The molecule has 2 saturated carbocycles. The molecule has 20 rings (SSSR count). The summed E-state index contributed by atoms with van der Waals surface area (Å²) in [5, 5.41) is 6.13. The van der Waals surface area contributed by atoms with Crippen molar-refractivity contribution in [1.82, 2.24) is 0 Å². The highest BCUT2D eigenvalue weighted by atomic mass is 79.9. The van der Waals surface area contributed by atoms with Crippen LogP contribution in [0.25, 0.3) is 84.9 Å². The molecule has 4 heterocycles. The van der Waals surface area contributed by atoms with Crippen molar-refractivity contribution in [2.75, 3.05) is 20.4 Å². The van der Waals surface area contributed by atoms with Crippen LogP contribution in [0.5, 0.6) is 0 Å². The maximum absolute atomic E-state index is 6.56. The smallest absolute Gasteiger partial charge is 0.0618 e. The standard InChI is InChI=1S/C63H68N2S.C25H32ClN.C22H23N.C16H15BrS/c1-41-34-47(40-48(35-41)65-53-31-29-44(59(2,3)4)38-52(53)62(11)32-19-20-33-63(62,65)12)64(54-26-21-27-55-57(54)49-30-28-45(60(5,6)7)39-56(49)66-55)58-50(42-22-15-13-16-23-42)36-46(61(8,9)10)37-51(58)43-24-17-14-18-25-43;1-17-13-19(26)16-20(14-17)27-22-10-9-18(23(2,3)4)15-21(22)24(5)11-7-8-12-25(24,27)6;1-22(2,3)18-14-19(16-10-6-4-7-11-16)21(23)20(15-18)17-12-8-5-9-13-17;1-16(2,3)10-7-8-11-14(9-10)18-13-6-4-5-12(17)15(11)13/h13-18,21-31,34-40H,19-20,32-33H2,1-12H3;9-10,13-16H,7-8,11-12H2,1-6H3;4-15H,23H2,1-3H3;4-9H,1-3H3. The lowest BCUT2D eigenvalue weighted by Gasteiger charge is -2.50. The maximum atomic E-state index is 6.56. The van der Waals surface area contributed by atoms with Crippen molar-refractivity contribution < 1.29 is 0 Å². The Kier molecular flexibility index (Phi) is 25.5. The average molecular weight is 1890 g/mol. The Morgan fingerprint density at radius 1 is 0.336 bits per heavy atom. The maximum Gasteiger partial charge on any atom is 0.0618 e. The molecule has 0 radical (unpaired) electrons. The van der Waals surface area contributed by atoms with Crippen LogP contribution in [0.2, 0.25) is 5.02 Å². The van der Waals surface area contributed by atoms with Crippen molar-refractivity contribution >= 4 is 136 Å². The van der Waals surface area contributed by atoms with E-state index >= 15 is 0 Å². The second-order valence-electron chi connectivity index (χ2n) is 45.9. The fourth-order valence-corrected chi connectivity index (χ4v) is 25.3. The predicted molar refractivity (Wildman–Crippen MR) is 592 cm³/mol. The number of thiophene rings is 2. The highest BCUT2D eigenvalue weighted by Crippen LogP contribution is 2.65. The first-order valence-electron chi connectivity index (χ1n) is 48.8. The number of nitrogens with zero attached hydrogens (tertiary/aromatic N) is 3. The number of fused-ring (bicyclic) bond motifs is 12. The highest BCUT2D eigenvalue weighted by molar-refractivity contribution is 9.10. The van der Waals surface area contributed by atoms with E-state index in [4.69, 9.17) is 17.3 Å². The number of rotatable bonds is 9. The van der Waals surface area contributed by atoms with Gasteiger partial charge in [0.25, 0.3) is 0 Å². The minimum Gasteiger partial charge on any atom is -0.398 e. The molecule has 14 aromatic carbocycles. The Morgan fingerprint density at radius 3 is 1.10 bits per heavy atom. The van der Waals surface area contributed by atoms with E-state index in [2.05, 4.69) is 470 Å². The van der Waals surface area contributed by atoms with Gasteiger partial charge in [-0.25, -0.2) is 0 Å². The van der Waals surface area contributed by atoms with Crippen LogP contribution in [0, 0.1) is 13.8 Å². The van der Waals surface area contributed by atoms with Gasteiger partial charge in [-0.15, -0.1) is 22.7 Å². The summed E-state index contributed by atoms with van der Waals surface area (Å²) in [6.07, 6.45) is 9.91. The van der Waals surface area contributed by atoms with E-state index in [9.17, 15) is 0 Å². The van der Waals surface area contributed by atoms with Gasteiger partial charge >= 0.3 is 0 Å². The van der Waals surface area contributed by atoms with Gasteiger partial charge < -0.3 is 20.4 Å². The summed E-state index contributed by atoms with van der Waals surface area (Å²) >= 11 is 13.9. The van der Waals surface area contributed by atoms with Gasteiger partial charge in [-0.1, -0.05) is 374 Å². The molecule has 2 aliphatic heterocycles. The summed E-state index contributed by atoms with van der Waals surface area (Å²) in [7, 11) is 0. The number of nitrogen functional groups attached to an aromatic ring is 1. The number of nitrogens with two attached hydrogens (primary N) is 1. The predicted octanol–water partition coefficient (Wildman–Crippen LogP) is 38.5. The highest BCUT2D eigenvalue weighted by Gasteiger charge is 2.59. The summed E-state index contributed by atoms with van der Waals surface area (Å²) in [5.41, 5.74) is 40.0. The Labute approximate surface area is 822 Å². The third-order valence-corrected chi connectivity index (χ3v) is 33.4. The summed E-state index contributed by atoms with van der Waals surface area (Å²) in [5.74, 6) is 0. The number of halogens is 2. The number of hydrogen-bond donors (Lipinski definition) is 1. The molecular formula is C126H138BrClN4S2. The van der Waals surface area contributed by atoms with E-state index in [1.54, 1.807) is 0 Å².